The van der Waals surface area contributed by atoms with Crippen molar-refractivity contribution in [1.82, 2.24) is 19.9 Å². The second-order valence-electron chi connectivity index (χ2n) is 7.57. The molecule has 0 atom stereocenters. The number of nitrogens with zero attached hydrogens (tertiary/aromatic N) is 2. The standard InChI is InChI=1S/C19H35N5O3S/c1-3-20-18(22-16-19(10-14-25)8-5-4-6-9-19)21-11-12-23-28(26,27)17-7-13-24(2)15-17/h7,13,15,23,25H,3-6,8-12,14,16H2,1-2H3,(H2,20,21,22). The van der Waals surface area contributed by atoms with Crippen molar-refractivity contribution in [2.45, 2.75) is 50.3 Å². The smallest absolute Gasteiger partial charge is 0.242 e. The van der Waals surface area contributed by atoms with Gasteiger partial charge in [-0.15, -0.1) is 0 Å². The number of aliphatic imine (C=N–C) groups is 1. The molecular formula is C19H35N5O3S. The Balaban J connectivity index is 1.87. The second kappa shape index (κ2) is 10.8. The van der Waals surface area contributed by atoms with Gasteiger partial charge >= 0.3 is 0 Å². The van der Waals surface area contributed by atoms with Gasteiger partial charge in [-0.1, -0.05) is 19.3 Å². The van der Waals surface area contributed by atoms with Gasteiger partial charge < -0.3 is 20.3 Å². The third-order valence-electron chi connectivity index (χ3n) is 5.30. The summed E-state index contributed by atoms with van der Waals surface area (Å²) >= 11 is 0. The van der Waals surface area contributed by atoms with Crippen molar-refractivity contribution < 1.29 is 13.5 Å². The van der Waals surface area contributed by atoms with Gasteiger partial charge in [0.1, 0.15) is 0 Å². The lowest BCUT2D eigenvalue weighted by Gasteiger charge is -2.35. The molecule has 28 heavy (non-hydrogen) atoms. The predicted molar refractivity (Wildman–Crippen MR) is 112 cm³/mol. The van der Waals surface area contributed by atoms with E-state index in [4.69, 9.17) is 4.99 Å². The van der Waals surface area contributed by atoms with Crippen LogP contribution in [0.2, 0.25) is 0 Å². The molecule has 1 aromatic rings. The van der Waals surface area contributed by atoms with Gasteiger partial charge in [0.25, 0.3) is 0 Å². The summed E-state index contributed by atoms with van der Waals surface area (Å²) < 4.78 is 28.8. The van der Waals surface area contributed by atoms with E-state index in [1.165, 1.54) is 19.3 Å². The number of nitrogens with one attached hydrogen (secondary N) is 3. The molecule has 0 unspecified atom stereocenters. The topological polar surface area (TPSA) is 108 Å². The Kier molecular flexibility index (Phi) is 8.78. The third kappa shape index (κ3) is 6.79. The summed E-state index contributed by atoms with van der Waals surface area (Å²) in [5.41, 5.74) is 0.0875. The fourth-order valence-corrected chi connectivity index (χ4v) is 4.78. The number of hydrogen-bond acceptors (Lipinski definition) is 4. The molecule has 1 fully saturated rings. The number of aliphatic hydroxyl groups is 1. The van der Waals surface area contributed by atoms with E-state index in [-0.39, 0.29) is 23.5 Å². The van der Waals surface area contributed by atoms with Gasteiger partial charge in [0, 0.05) is 52.2 Å². The first-order chi connectivity index (χ1) is 13.4. The van der Waals surface area contributed by atoms with Gasteiger partial charge in [-0.2, -0.15) is 0 Å². The quantitative estimate of drug-likeness (QED) is 0.262. The molecule has 1 aromatic heterocycles. The monoisotopic (exact) mass is 413 g/mol. The molecule has 0 aromatic carbocycles. The molecule has 0 spiro atoms. The van der Waals surface area contributed by atoms with Crippen LogP contribution in [0.15, 0.2) is 28.3 Å². The summed E-state index contributed by atoms with van der Waals surface area (Å²) in [4.78, 5) is 4.99. The van der Waals surface area contributed by atoms with Crippen molar-refractivity contribution in [2.75, 3.05) is 32.8 Å². The first-order valence-corrected chi connectivity index (χ1v) is 11.6. The average molecular weight is 414 g/mol. The SMILES string of the molecule is CCNC(=NCC1(CCO)CCCCC1)NCCNS(=O)(=O)c1ccn(C)c1. The van der Waals surface area contributed by atoms with E-state index in [9.17, 15) is 13.5 Å². The molecule has 160 valence electrons. The zero-order valence-corrected chi connectivity index (χ0v) is 17.9. The number of hydrogen-bond donors (Lipinski definition) is 4. The second-order valence-corrected chi connectivity index (χ2v) is 9.33. The van der Waals surface area contributed by atoms with Gasteiger partial charge in [0.15, 0.2) is 5.96 Å². The van der Waals surface area contributed by atoms with E-state index in [1.807, 2.05) is 6.92 Å². The summed E-state index contributed by atoms with van der Waals surface area (Å²) in [5.74, 6) is 0.685. The van der Waals surface area contributed by atoms with Crippen molar-refractivity contribution in [1.29, 1.82) is 0 Å². The van der Waals surface area contributed by atoms with Gasteiger partial charge in [0.05, 0.1) is 4.90 Å². The Hall–Kier alpha value is -1.58. The van der Waals surface area contributed by atoms with Crippen LogP contribution in [0.4, 0.5) is 0 Å². The normalized spacial score (nSPS) is 17.5. The third-order valence-corrected chi connectivity index (χ3v) is 6.74. The first kappa shape index (κ1) is 22.7. The minimum Gasteiger partial charge on any atom is -0.396 e. The minimum absolute atomic E-state index is 0.0875. The van der Waals surface area contributed by atoms with E-state index in [0.717, 1.165) is 25.8 Å². The Morgan fingerprint density at radius 3 is 2.61 bits per heavy atom. The number of rotatable bonds is 10. The van der Waals surface area contributed by atoms with Crippen LogP contribution in [0.5, 0.6) is 0 Å². The van der Waals surface area contributed by atoms with E-state index in [1.54, 1.807) is 30.1 Å². The zero-order valence-electron chi connectivity index (χ0n) is 17.1. The van der Waals surface area contributed by atoms with Crippen molar-refractivity contribution in [3.8, 4) is 0 Å². The highest BCUT2D eigenvalue weighted by Gasteiger charge is 2.31. The fraction of sp³-hybridized carbons (Fsp3) is 0.737. The van der Waals surface area contributed by atoms with Gasteiger partial charge in [-0.05, 0) is 37.7 Å². The molecule has 1 aliphatic carbocycles. The Morgan fingerprint density at radius 2 is 2.00 bits per heavy atom. The van der Waals surface area contributed by atoms with Gasteiger partial charge in [-0.3, -0.25) is 4.99 Å². The van der Waals surface area contributed by atoms with Crippen LogP contribution >= 0.6 is 0 Å². The number of guanidine groups is 1. The van der Waals surface area contributed by atoms with Crippen molar-refractivity contribution in [3.63, 3.8) is 0 Å². The van der Waals surface area contributed by atoms with E-state index in [0.29, 0.717) is 19.0 Å². The fourth-order valence-electron chi connectivity index (χ4n) is 3.70. The summed E-state index contributed by atoms with van der Waals surface area (Å²) in [6.07, 6.45) is 9.92. The van der Waals surface area contributed by atoms with Crippen molar-refractivity contribution >= 4 is 16.0 Å². The van der Waals surface area contributed by atoms with Gasteiger partial charge in [0.2, 0.25) is 10.0 Å². The van der Waals surface area contributed by atoms with Gasteiger partial charge in [-0.25, -0.2) is 13.1 Å². The number of aliphatic hydroxyl groups excluding tert-OH is 1. The summed E-state index contributed by atoms with van der Waals surface area (Å²) in [6, 6.07) is 1.58. The Morgan fingerprint density at radius 1 is 1.25 bits per heavy atom. The van der Waals surface area contributed by atoms with Crippen LogP contribution < -0.4 is 15.4 Å². The molecule has 1 saturated carbocycles. The Bertz CT molecular complexity index is 718. The largest absolute Gasteiger partial charge is 0.396 e. The van der Waals surface area contributed by atoms with Crippen LogP contribution in [0.3, 0.4) is 0 Å². The van der Waals surface area contributed by atoms with Crippen LogP contribution in [-0.4, -0.2) is 56.8 Å². The number of aryl methyl sites for hydroxylation is 1. The Labute approximate surface area is 168 Å². The average Bonchev–Trinajstić information content (AvgIpc) is 3.12. The molecule has 4 N–H and O–H groups in total. The molecular weight excluding hydrogens is 378 g/mol. The molecule has 0 saturated heterocycles. The summed E-state index contributed by atoms with van der Waals surface area (Å²) in [5, 5.41) is 15.9. The molecule has 0 radical (unpaired) electrons. The molecule has 1 aliphatic rings. The highest BCUT2D eigenvalue weighted by molar-refractivity contribution is 7.89. The summed E-state index contributed by atoms with van der Waals surface area (Å²) in [7, 11) is -1.71. The molecule has 9 heteroatoms. The lowest BCUT2D eigenvalue weighted by atomic mass is 9.72. The lowest BCUT2D eigenvalue weighted by Crippen LogP contribution is -2.42. The van der Waals surface area contributed by atoms with Crippen molar-refractivity contribution in [3.05, 3.63) is 18.5 Å². The van der Waals surface area contributed by atoms with Crippen molar-refractivity contribution in [2.24, 2.45) is 17.5 Å². The number of aromatic nitrogens is 1. The predicted octanol–water partition coefficient (Wildman–Crippen LogP) is 1.19. The van der Waals surface area contributed by atoms with E-state index < -0.39 is 10.0 Å². The van der Waals surface area contributed by atoms with E-state index >= 15 is 0 Å². The lowest BCUT2D eigenvalue weighted by molar-refractivity contribution is 0.137. The highest BCUT2D eigenvalue weighted by Crippen LogP contribution is 2.39. The van der Waals surface area contributed by atoms with Crippen LogP contribution in [-0.2, 0) is 17.1 Å². The molecule has 8 nitrogen and oxygen atoms in total. The molecule has 2 rings (SSSR count). The molecule has 0 bridgehead atoms. The zero-order chi connectivity index (χ0) is 20.5. The first-order valence-electron chi connectivity index (χ1n) is 10.2. The molecule has 0 aliphatic heterocycles. The minimum atomic E-state index is -3.50. The van der Waals surface area contributed by atoms with E-state index in [2.05, 4.69) is 15.4 Å². The van der Waals surface area contributed by atoms with Crippen LogP contribution in [0, 0.1) is 5.41 Å². The highest BCUT2D eigenvalue weighted by atomic mass is 32.2. The van der Waals surface area contributed by atoms with Crippen LogP contribution in [0.25, 0.3) is 0 Å². The molecule has 1 heterocycles. The maximum Gasteiger partial charge on any atom is 0.242 e. The van der Waals surface area contributed by atoms with Crippen LogP contribution in [0.1, 0.15) is 45.4 Å². The maximum absolute atomic E-state index is 12.2. The number of sulfonamides is 1. The molecule has 0 amide bonds. The maximum atomic E-state index is 12.2. The summed E-state index contributed by atoms with van der Waals surface area (Å²) in [6.45, 7) is 4.31.